The smallest absolute Gasteiger partial charge is 0.270 e. The molecule has 5 nitrogen and oxygen atoms in total. The minimum atomic E-state index is -0.491. The van der Waals surface area contributed by atoms with Crippen LogP contribution in [0.25, 0.3) is 0 Å². The van der Waals surface area contributed by atoms with Gasteiger partial charge in [-0.2, -0.15) is 0 Å². The number of rotatable bonds is 5. The standard InChI is InChI=1S/C14H13FN2O3/c15-12-3-1-2-10(6-12)9-20-14-5-4-13(17(18)19)7-11(14)8-16/h1-7H,8-9,16H2. The number of halogens is 1. The van der Waals surface area contributed by atoms with Crippen molar-refractivity contribution in [3.8, 4) is 5.75 Å². The highest BCUT2D eigenvalue weighted by Crippen LogP contribution is 2.24. The summed E-state index contributed by atoms with van der Waals surface area (Å²) in [6.45, 7) is 0.294. The minimum absolute atomic E-state index is 0.0384. The Morgan fingerprint density at radius 3 is 2.70 bits per heavy atom. The Hall–Kier alpha value is -2.47. The summed E-state index contributed by atoms with van der Waals surface area (Å²) in [5.41, 5.74) is 6.72. The zero-order chi connectivity index (χ0) is 14.5. The van der Waals surface area contributed by atoms with Crippen LogP contribution in [0.15, 0.2) is 42.5 Å². The molecule has 0 atom stereocenters. The SMILES string of the molecule is NCc1cc([N+](=O)[O-])ccc1OCc1cccc(F)c1. The fourth-order valence-electron chi connectivity index (χ4n) is 1.77. The number of non-ortho nitro benzene ring substituents is 1. The lowest BCUT2D eigenvalue weighted by atomic mass is 10.1. The lowest BCUT2D eigenvalue weighted by molar-refractivity contribution is -0.384. The first kappa shape index (κ1) is 14.0. The highest BCUT2D eigenvalue weighted by molar-refractivity contribution is 5.43. The maximum Gasteiger partial charge on any atom is 0.270 e. The van der Waals surface area contributed by atoms with Crippen molar-refractivity contribution in [3.63, 3.8) is 0 Å². The molecule has 6 heteroatoms. The predicted octanol–water partition coefficient (Wildman–Crippen LogP) is 2.77. The van der Waals surface area contributed by atoms with Gasteiger partial charge in [0.25, 0.3) is 5.69 Å². The normalized spacial score (nSPS) is 10.3. The van der Waals surface area contributed by atoms with Crippen molar-refractivity contribution >= 4 is 5.69 Å². The third-order valence-electron chi connectivity index (χ3n) is 2.76. The van der Waals surface area contributed by atoms with Gasteiger partial charge in [-0.1, -0.05) is 12.1 Å². The molecule has 0 saturated heterocycles. The van der Waals surface area contributed by atoms with Gasteiger partial charge in [0, 0.05) is 24.2 Å². The summed E-state index contributed by atoms with van der Waals surface area (Å²) in [5, 5.41) is 10.7. The van der Waals surface area contributed by atoms with E-state index >= 15 is 0 Å². The van der Waals surface area contributed by atoms with Crippen LogP contribution in [0.2, 0.25) is 0 Å². The first-order valence-electron chi connectivity index (χ1n) is 5.95. The van der Waals surface area contributed by atoms with Gasteiger partial charge in [0.15, 0.2) is 0 Å². The minimum Gasteiger partial charge on any atom is -0.489 e. The molecule has 0 heterocycles. The fourth-order valence-corrected chi connectivity index (χ4v) is 1.77. The van der Waals surface area contributed by atoms with Crippen molar-refractivity contribution in [3.05, 3.63) is 69.5 Å². The number of benzene rings is 2. The molecule has 2 N–H and O–H groups in total. The second-order valence-electron chi connectivity index (χ2n) is 4.17. The van der Waals surface area contributed by atoms with E-state index in [9.17, 15) is 14.5 Å². The molecule has 104 valence electrons. The first-order chi connectivity index (χ1) is 9.60. The third kappa shape index (κ3) is 3.30. The van der Waals surface area contributed by atoms with Crippen LogP contribution in [0.3, 0.4) is 0 Å². The summed E-state index contributed by atoms with van der Waals surface area (Å²) in [6.07, 6.45) is 0. The van der Waals surface area contributed by atoms with Crippen LogP contribution in [0.4, 0.5) is 10.1 Å². The molecule has 0 amide bonds. The zero-order valence-electron chi connectivity index (χ0n) is 10.6. The summed E-state index contributed by atoms with van der Waals surface area (Å²) in [5.74, 6) is 0.121. The monoisotopic (exact) mass is 276 g/mol. The van der Waals surface area contributed by atoms with Crippen molar-refractivity contribution in [1.29, 1.82) is 0 Å². The molecule has 0 radical (unpaired) electrons. The van der Waals surface area contributed by atoms with E-state index in [1.54, 1.807) is 12.1 Å². The quantitative estimate of drug-likeness (QED) is 0.672. The average molecular weight is 276 g/mol. The molecule has 2 aromatic carbocycles. The Kier molecular flexibility index (Phi) is 4.27. The van der Waals surface area contributed by atoms with E-state index in [0.717, 1.165) is 0 Å². The number of nitro groups is 1. The third-order valence-corrected chi connectivity index (χ3v) is 2.76. The van der Waals surface area contributed by atoms with E-state index in [1.165, 1.54) is 30.3 Å². The Balaban J connectivity index is 2.15. The van der Waals surface area contributed by atoms with Crippen LogP contribution >= 0.6 is 0 Å². The summed E-state index contributed by atoms with van der Waals surface area (Å²) < 4.78 is 18.6. The second kappa shape index (κ2) is 6.12. The summed E-state index contributed by atoms with van der Waals surface area (Å²) in [6, 6.07) is 10.3. The molecule has 0 aliphatic heterocycles. The number of hydrogen-bond acceptors (Lipinski definition) is 4. The average Bonchev–Trinajstić information content (AvgIpc) is 2.45. The molecule has 0 bridgehead atoms. The van der Waals surface area contributed by atoms with E-state index in [2.05, 4.69) is 0 Å². The highest BCUT2D eigenvalue weighted by Gasteiger charge is 2.11. The molecule has 0 saturated carbocycles. The predicted molar refractivity (Wildman–Crippen MR) is 71.7 cm³/mol. The van der Waals surface area contributed by atoms with Crippen molar-refractivity contribution < 1.29 is 14.1 Å². The zero-order valence-corrected chi connectivity index (χ0v) is 10.6. The van der Waals surface area contributed by atoms with Gasteiger partial charge >= 0.3 is 0 Å². The molecule has 2 aromatic rings. The van der Waals surface area contributed by atoms with Crippen LogP contribution in [-0.2, 0) is 13.2 Å². The van der Waals surface area contributed by atoms with Gasteiger partial charge in [0.05, 0.1) is 4.92 Å². The molecule has 0 aliphatic carbocycles. The number of nitrogens with two attached hydrogens (primary N) is 1. The molecule has 0 unspecified atom stereocenters. The first-order valence-corrected chi connectivity index (χ1v) is 5.95. The molecule has 2 rings (SSSR count). The van der Waals surface area contributed by atoms with Gasteiger partial charge < -0.3 is 10.5 Å². The van der Waals surface area contributed by atoms with E-state index in [-0.39, 0.29) is 24.7 Å². The molecule has 0 aromatic heterocycles. The van der Waals surface area contributed by atoms with Crippen LogP contribution in [0, 0.1) is 15.9 Å². The number of hydrogen-bond donors (Lipinski definition) is 1. The number of nitro benzene ring substituents is 1. The van der Waals surface area contributed by atoms with E-state index < -0.39 is 4.92 Å². The largest absolute Gasteiger partial charge is 0.489 e. The van der Waals surface area contributed by atoms with Crippen LogP contribution in [-0.4, -0.2) is 4.92 Å². The second-order valence-corrected chi connectivity index (χ2v) is 4.17. The Labute approximate surface area is 114 Å². The van der Waals surface area contributed by atoms with Crippen LogP contribution in [0.5, 0.6) is 5.75 Å². The molecule has 0 aliphatic rings. The highest BCUT2D eigenvalue weighted by atomic mass is 19.1. The molecular weight excluding hydrogens is 263 g/mol. The van der Waals surface area contributed by atoms with Gasteiger partial charge in [0.1, 0.15) is 18.2 Å². The lowest BCUT2D eigenvalue weighted by Crippen LogP contribution is -2.04. The van der Waals surface area contributed by atoms with E-state index in [4.69, 9.17) is 10.5 Å². The maximum atomic E-state index is 13.0. The lowest BCUT2D eigenvalue weighted by Gasteiger charge is -2.10. The fraction of sp³-hybridized carbons (Fsp3) is 0.143. The summed E-state index contributed by atoms with van der Waals surface area (Å²) >= 11 is 0. The Bertz CT molecular complexity index is 632. The van der Waals surface area contributed by atoms with Crippen LogP contribution < -0.4 is 10.5 Å². The van der Waals surface area contributed by atoms with E-state index in [1.807, 2.05) is 0 Å². The van der Waals surface area contributed by atoms with Crippen molar-refractivity contribution in [2.45, 2.75) is 13.2 Å². The molecule has 0 fully saturated rings. The topological polar surface area (TPSA) is 78.4 Å². The van der Waals surface area contributed by atoms with Gasteiger partial charge in [-0.15, -0.1) is 0 Å². The Morgan fingerprint density at radius 2 is 2.05 bits per heavy atom. The molecular formula is C14H13FN2O3. The molecule has 20 heavy (non-hydrogen) atoms. The van der Waals surface area contributed by atoms with E-state index in [0.29, 0.717) is 16.9 Å². The number of ether oxygens (including phenoxy) is 1. The van der Waals surface area contributed by atoms with Crippen molar-refractivity contribution in [2.75, 3.05) is 0 Å². The Morgan fingerprint density at radius 1 is 1.25 bits per heavy atom. The van der Waals surface area contributed by atoms with Gasteiger partial charge in [-0.3, -0.25) is 10.1 Å². The van der Waals surface area contributed by atoms with Crippen molar-refractivity contribution in [1.82, 2.24) is 0 Å². The summed E-state index contributed by atoms with van der Waals surface area (Å²) in [7, 11) is 0. The summed E-state index contributed by atoms with van der Waals surface area (Å²) in [4.78, 5) is 10.2. The van der Waals surface area contributed by atoms with Gasteiger partial charge in [-0.05, 0) is 23.8 Å². The van der Waals surface area contributed by atoms with Crippen molar-refractivity contribution in [2.24, 2.45) is 5.73 Å². The van der Waals surface area contributed by atoms with Gasteiger partial charge in [0.2, 0.25) is 0 Å². The van der Waals surface area contributed by atoms with Crippen LogP contribution in [0.1, 0.15) is 11.1 Å². The number of nitrogens with zero attached hydrogens (tertiary/aromatic N) is 1. The van der Waals surface area contributed by atoms with Gasteiger partial charge in [-0.25, -0.2) is 4.39 Å². The maximum absolute atomic E-state index is 13.0. The molecule has 0 spiro atoms.